The minimum absolute atomic E-state index is 0.167. The third-order valence-electron chi connectivity index (χ3n) is 0.258. The van der Waals surface area contributed by atoms with E-state index in [0.29, 0.717) is 0 Å². The molecule has 0 heterocycles. The number of hydrogen-bond donors (Lipinski definition) is 4. The SMILES string of the molecule is CC(C)=NN.CC(C)=O.CO.NN.[O]=[Ba]. The first kappa shape index (κ1) is 29.5. The minimum atomic E-state index is -0.222. The molecule has 7 nitrogen and oxygen atoms in total. The van der Waals surface area contributed by atoms with Crippen LogP contribution in [0.3, 0.4) is 0 Å². The molecule has 0 saturated heterocycles. The van der Waals surface area contributed by atoms with Crippen LogP contribution in [-0.4, -0.2) is 70.4 Å². The van der Waals surface area contributed by atoms with Crippen molar-refractivity contribution >= 4 is 58.2 Å². The fourth-order valence-corrected chi connectivity index (χ4v) is 0. The average Bonchev–Trinajstić information content (AvgIpc) is 2.26. The summed E-state index contributed by atoms with van der Waals surface area (Å²) in [6, 6.07) is 0. The van der Waals surface area contributed by atoms with E-state index in [9.17, 15) is 4.79 Å². The number of ketones is 1. The van der Waals surface area contributed by atoms with E-state index in [0.717, 1.165) is 12.8 Å². The number of hydrazone groups is 1. The van der Waals surface area contributed by atoms with Crippen molar-refractivity contribution in [2.75, 3.05) is 7.11 Å². The zero-order valence-corrected chi connectivity index (χ0v) is 14.6. The van der Waals surface area contributed by atoms with Crippen LogP contribution in [0.4, 0.5) is 0 Å². The van der Waals surface area contributed by atoms with Crippen molar-refractivity contribution in [2.24, 2.45) is 22.6 Å². The van der Waals surface area contributed by atoms with Gasteiger partial charge in [-0.1, -0.05) is 0 Å². The molecular weight excluding hydrogens is 325 g/mol. The molecule has 90 valence electrons. The van der Waals surface area contributed by atoms with Crippen molar-refractivity contribution < 1.29 is 9.94 Å². The molecule has 0 aromatic carbocycles. The summed E-state index contributed by atoms with van der Waals surface area (Å²) >= 11 is -0.222. The summed E-state index contributed by atoms with van der Waals surface area (Å²) in [5.41, 5.74) is 0.907. The van der Waals surface area contributed by atoms with Crippen molar-refractivity contribution in [2.45, 2.75) is 27.7 Å². The average molecular weight is 348 g/mol. The Morgan fingerprint density at radius 1 is 1.07 bits per heavy atom. The van der Waals surface area contributed by atoms with Gasteiger partial charge in [0.05, 0.1) is 0 Å². The fraction of sp³-hybridized carbons (Fsp3) is 0.714. The molecule has 0 aromatic rings. The number of carbonyl (C=O) groups is 1. The molecule has 0 amide bonds. The number of Topliss-reactive ketones (excluding diaryl/α,β-unsaturated/α-hetero) is 1. The van der Waals surface area contributed by atoms with E-state index in [1.54, 1.807) is 0 Å². The van der Waals surface area contributed by atoms with Crippen LogP contribution in [0.15, 0.2) is 5.10 Å². The summed E-state index contributed by atoms with van der Waals surface area (Å²) in [6.45, 7) is 6.75. The third kappa shape index (κ3) is 386. The van der Waals surface area contributed by atoms with Gasteiger partial charge in [-0.2, -0.15) is 5.10 Å². The topological polar surface area (TPSA) is 145 Å². The zero-order valence-electron chi connectivity index (χ0n) is 10.2. The van der Waals surface area contributed by atoms with Crippen LogP contribution in [0, 0.1) is 0 Å². The van der Waals surface area contributed by atoms with Crippen molar-refractivity contribution in [1.29, 1.82) is 0 Å². The number of carbonyl (C=O) groups excluding carboxylic acids is 1. The van der Waals surface area contributed by atoms with Gasteiger partial charge in [-0.15, -0.1) is 0 Å². The first-order chi connectivity index (χ1) is 7.00. The van der Waals surface area contributed by atoms with Gasteiger partial charge in [0, 0.05) is 12.8 Å². The standard InChI is InChI=1S/C3H8N2.C3H6O.CH4O.Ba.H4N2.O/c1-3(2)5-4;1-3(2)4;1-2;;1-2;/h4H2,1-2H3;1-2H3;2H,1H3;;1-2H2;. The quantitative estimate of drug-likeness (QED) is 0.189. The number of hydrogen-bond acceptors (Lipinski definition) is 7. The van der Waals surface area contributed by atoms with E-state index in [-0.39, 0.29) is 52.5 Å². The first-order valence-corrected chi connectivity index (χ1v) is 5.57. The number of aliphatic hydroxyl groups excluding tert-OH is 1. The van der Waals surface area contributed by atoms with Crippen LogP contribution in [-0.2, 0) is 4.83 Å². The van der Waals surface area contributed by atoms with Crippen LogP contribution in [0.2, 0.25) is 0 Å². The Kier molecular flexibility index (Phi) is 93.0. The Morgan fingerprint density at radius 2 is 1.13 bits per heavy atom. The van der Waals surface area contributed by atoms with Crippen LogP contribution in [0.25, 0.3) is 0 Å². The molecule has 0 saturated carbocycles. The Hall–Kier alpha value is 0.391. The Balaban J connectivity index is -0.0000000301. The maximum atomic E-state index is 9.44. The molecule has 0 spiro atoms. The number of rotatable bonds is 0. The number of nitrogens with zero attached hydrogens (tertiary/aromatic N) is 1. The second-order valence-corrected chi connectivity index (χ2v) is 1.98. The summed E-state index contributed by atoms with van der Waals surface area (Å²) in [5.74, 6) is 12.9. The molecule has 7 N–H and O–H groups in total. The van der Waals surface area contributed by atoms with Gasteiger partial charge in [0.15, 0.2) is 0 Å². The third-order valence-corrected chi connectivity index (χ3v) is 0.258. The van der Waals surface area contributed by atoms with Gasteiger partial charge in [-0.25, -0.2) is 0 Å². The van der Waals surface area contributed by atoms with E-state index in [4.69, 9.17) is 11.0 Å². The molecular formula is C7H22BaN4O3. The second-order valence-electron chi connectivity index (χ2n) is 1.98. The Labute approximate surface area is 124 Å². The van der Waals surface area contributed by atoms with Gasteiger partial charge in [-0.3, -0.25) is 11.7 Å². The molecule has 0 aliphatic heterocycles. The fourth-order valence-electron chi connectivity index (χ4n) is 0. The molecule has 0 rings (SSSR count). The van der Waals surface area contributed by atoms with Gasteiger partial charge in [-0.05, 0) is 27.7 Å². The van der Waals surface area contributed by atoms with Gasteiger partial charge in [0.25, 0.3) is 0 Å². The molecule has 15 heavy (non-hydrogen) atoms. The second kappa shape index (κ2) is 47.2. The predicted molar refractivity (Wildman–Crippen MR) is 62.3 cm³/mol. The molecule has 0 atom stereocenters. The van der Waals surface area contributed by atoms with Crippen LogP contribution >= 0.6 is 0 Å². The molecule has 0 aliphatic carbocycles. The summed E-state index contributed by atoms with van der Waals surface area (Å²) in [4.78, 5) is 9.44. The van der Waals surface area contributed by atoms with Gasteiger partial charge < -0.3 is 15.7 Å². The summed E-state index contributed by atoms with van der Waals surface area (Å²) < 4.78 is 8.44. The molecule has 0 radical (unpaired) electrons. The number of aliphatic hydroxyl groups is 1. The molecule has 0 aromatic heterocycles. The van der Waals surface area contributed by atoms with Crippen LogP contribution < -0.4 is 17.5 Å². The Bertz CT molecular complexity index is 125. The van der Waals surface area contributed by atoms with E-state index in [1.807, 2.05) is 13.8 Å². The monoisotopic (exact) mass is 348 g/mol. The summed E-state index contributed by atoms with van der Waals surface area (Å²) in [7, 11) is 1.00. The first-order valence-electron chi connectivity index (χ1n) is 3.76. The molecule has 0 aliphatic rings. The van der Waals surface area contributed by atoms with Crippen molar-refractivity contribution in [3.05, 3.63) is 0 Å². The zero-order chi connectivity index (χ0) is 13.9. The molecule has 0 unspecified atom stereocenters. The maximum absolute atomic E-state index is 9.44. The van der Waals surface area contributed by atoms with Crippen molar-refractivity contribution in [1.82, 2.24) is 0 Å². The summed E-state index contributed by atoms with van der Waals surface area (Å²) in [6.07, 6.45) is 0. The Morgan fingerprint density at radius 3 is 1.13 bits per heavy atom. The van der Waals surface area contributed by atoms with E-state index >= 15 is 0 Å². The van der Waals surface area contributed by atoms with Crippen LogP contribution in [0.5, 0.6) is 0 Å². The van der Waals surface area contributed by atoms with Gasteiger partial charge >= 0.3 is 46.8 Å². The summed E-state index contributed by atoms with van der Waals surface area (Å²) in [5, 5.41) is 10.3. The van der Waals surface area contributed by atoms with Crippen molar-refractivity contribution in [3.63, 3.8) is 0 Å². The normalized spacial score (nSPS) is 5.20. The number of hydrazine groups is 1. The van der Waals surface area contributed by atoms with E-state index < -0.39 is 0 Å². The van der Waals surface area contributed by atoms with Gasteiger partial charge in [0.2, 0.25) is 0 Å². The predicted octanol–water partition coefficient (Wildman–Crippen LogP) is -1.14. The van der Waals surface area contributed by atoms with Crippen LogP contribution in [0.1, 0.15) is 27.7 Å². The molecule has 0 bridgehead atoms. The molecule has 0 fully saturated rings. The van der Waals surface area contributed by atoms with E-state index in [1.165, 1.54) is 13.8 Å². The van der Waals surface area contributed by atoms with E-state index in [2.05, 4.69) is 16.8 Å². The molecule has 8 heteroatoms. The number of nitrogens with two attached hydrogens (primary N) is 3. The van der Waals surface area contributed by atoms with Crippen molar-refractivity contribution in [3.8, 4) is 0 Å². The van der Waals surface area contributed by atoms with Gasteiger partial charge in [0.1, 0.15) is 5.78 Å².